The summed E-state index contributed by atoms with van der Waals surface area (Å²) in [5.41, 5.74) is 0.956. The molecule has 1 aromatic rings. The van der Waals surface area contributed by atoms with Gasteiger partial charge in [0.2, 0.25) is 5.91 Å². The Labute approximate surface area is 130 Å². The number of hydrogen-bond donors (Lipinski definition) is 1. The third-order valence-electron chi connectivity index (χ3n) is 3.64. The SMILES string of the molecule is CN(Cc1cc(Cl)cc(Cl)c1)C(=O)CCC1CCCN1. The second kappa shape index (κ2) is 7.30. The molecule has 1 amide bonds. The molecule has 3 nitrogen and oxygen atoms in total. The first-order chi connectivity index (χ1) is 9.54. The molecule has 0 radical (unpaired) electrons. The lowest BCUT2D eigenvalue weighted by Crippen LogP contribution is -2.29. The van der Waals surface area contributed by atoms with E-state index < -0.39 is 0 Å². The van der Waals surface area contributed by atoms with Crippen molar-refractivity contribution in [2.45, 2.75) is 38.3 Å². The van der Waals surface area contributed by atoms with E-state index in [2.05, 4.69) is 5.32 Å². The molecule has 20 heavy (non-hydrogen) atoms. The number of amides is 1. The lowest BCUT2D eigenvalue weighted by molar-refractivity contribution is -0.130. The lowest BCUT2D eigenvalue weighted by atomic mass is 10.1. The van der Waals surface area contributed by atoms with Crippen LogP contribution in [0.1, 0.15) is 31.2 Å². The van der Waals surface area contributed by atoms with Gasteiger partial charge in [0, 0.05) is 36.1 Å². The second-order valence-electron chi connectivity index (χ2n) is 5.36. The Kier molecular flexibility index (Phi) is 5.70. The van der Waals surface area contributed by atoms with Crippen molar-refractivity contribution in [1.82, 2.24) is 10.2 Å². The van der Waals surface area contributed by atoms with Crippen LogP contribution < -0.4 is 5.32 Å². The molecule has 1 atom stereocenters. The van der Waals surface area contributed by atoms with E-state index in [0.717, 1.165) is 18.5 Å². The molecule has 1 unspecified atom stereocenters. The van der Waals surface area contributed by atoms with Crippen LogP contribution in [-0.4, -0.2) is 30.4 Å². The largest absolute Gasteiger partial charge is 0.341 e. The van der Waals surface area contributed by atoms with E-state index in [9.17, 15) is 4.79 Å². The number of rotatable bonds is 5. The van der Waals surface area contributed by atoms with E-state index in [0.29, 0.717) is 29.1 Å². The van der Waals surface area contributed by atoms with Crippen molar-refractivity contribution < 1.29 is 4.79 Å². The van der Waals surface area contributed by atoms with Crippen LogP contribution in [-0.2, 0) is 11.3 Å². The maximum atomic E-state index is 12.1. The topological polar surface area (TPSA) is 32.3 Å². The van der Waals surface area contributed by atoms with Crippen LogP contribution >= 0.6 is 23.2 Å². The number of carbonyl (C=O) groups is 1. The highest BCUT2D eigenvalue weighted by atomic mass is 35.5. The summed E-state index contributed by atoms with van der Waals surface area (Å²) >= 11 is 11.9. The first-order valence-corrected chi connectivity index (χ1v) is 7.72. The summed E-state index contributed by atoms with van der Waals surface area (Å²) < 4.78 is 0. The zero-order valence-corrected chi connectivity index (χ0v) is 13.2. The Balaban J connectivity index is 1.83. The lowest BCUT2D eigenvalue weighted by Gasteiger charge is -2.19. The average molecular weight is 315 g/mol. The Hall–Kier alpha value is -0.770. The predicted molar refractivity (Wildman–Crippen MR) is 83.2 cm³/mol. The van der Waals surface area contributed by atoms with Crippen LogP contribution in [0.2, 0.25) is 10.0 Å². The molecule has 1 N–H and O–H groups in total. The minimum absolute atomic E-state index is 0.162. The van der Waals surface area contributed by atoms with Crippen molar-refractivity contribution in [3.63, 3.8) is 0 Å². The molecular formula is C15H20Cl2N2O. The summed E-state index contributed by atoms with van der Waals surface area (Å²) in [5.74, 6) is 0.162. The summed E-state index contributed by atoms with van der Waals surface area (Å²) in [6, 6.07) is 5.89. The fourth-order valence-corrected chi connectivity index (χ4v) is 3.13. The minimum Gasteiger partial charge on any atom is -0.341 e. The van der Waals surface area contributed by atoms with Crippen molar-refractivity contribution in [3.8, 4) is 0 Å². The van der Waals surface area contributed by atoms with E-state index in [1.165, 1.54) is 12.8 Å². The fourth-order valence-electron chi connectivity index (χ4n) is 2.56. The monoisotopic (exact) mass is 314 g/mol. The standard InChI is InChI=1S/C15H20Cl2N2O/c1-19(10-11-7-12(16)9-13(17)8-11)15(20)5-4-14-3-2-6-18-14/h7-9,14,18H,2-6,10H2,1H3. The Morgan fingerprint density at radius 2 is 2.05 bits per heavy atom. The van der Waals surface area contributed by atoms with Crippen molar-refractivity contribution in [1.29, 1.82) is 0 Å². The van der Waals surface area contributed by atoms with Gasteiger partial charge in [-0.3, -0.25) is 4.79 Å². The number of halogens is 2. The van der Waals surface area contributed by atoms with Crippen LogP contribution in [0, 0.1) is 0 Å². The molecule has 1 saturated heterocycles. The van der Waals surface area contributed by atoms with Gasteiger partial charge in [0.1, 0.15) is 0 Å². The molecule has 0 saturated carbocycles. The number of nitrogens with zero attached hydrogens (tertiary/aromatic N) is 1. The average Bonchev–Trinajstić information content (AvgIpc) is 2.87. The number of carbonyl (C=O) groups excluding carboxylic acids is 1. The van der Waals surface area contributed by atoms with Crippen molar-refractivity contribution >= 4 is 29.1 Å². The van der Waals surface area contributed by atoms with Gasteiger partial charge in [0.05, 0.1) is 0 Å². The Bertz CT molecular complexity index is 453. The smallest absolute Gasteiger partial charge is 0.222 e. The molecule has 2 rings (SSSR count). The highest BCUT2D eigenvalue weighted by molar-refractivity contribution is 6.34. The highest BCUT2D eigenvalue weighted by Gasteiger charge is 2.17. The van der Waals surface area contributed by atoms with Crippen LogP contribution in [0.3, 0.4) is 0 Å². The number of benzene rings is 1. The van der Waals surface area contributed by atoms with Crippen LogP contribution in [0.5, 0.6) is 0 Å². The third kappa shape index (κ3) is 4.65. The van der Waals surface area contributed by atoms with Gasteiger partial charge in [0.25, 0.3) is 0 Å². The Morgan fingerprint density at radius 3 is 2.65 bits per heavy atom. The van der Waals surface area contributed by atoms with Gasteiger partial charge in [-0.05, 0) is 49.6 Å². The maximum absolute atomic E-state index is 12.1. The molecule has 5 heteroatoms. The van der Waals surface area contributed by atoms with E-state index in [1.807, 2.05) is 19.2 Å². The molecule has 1 heterocycles. The van der Waals surface area contributed by atoms with E-state index in [-0.39, 0.29) is 5.91 Å². The highest BCUT2D eigenvalue weighted by Crippen LogP contribution is 2.20. The van der Waals surface area contributed by atoms with Gasteiger partial charge in [-0.2, -0.15) is 0 Å². The predicted octanol–water partition coefficient (Wildman–Crippen LogP) is 3.48. The quantitative estimate of drug-likeness (QED) is 0.902. The molecule has 0 bridgehead atoms. The van der Waals surface area contributed by atoms with Gasteiger partial charge >= 0.3 is 0 Å². The summed E-state index contributed by atoms with van der Waals surface area (Å²) in [4.78, 5) is 13.8. The molecule has 0 aromatic heterocycles. The van der Waals surface area contributed by atoms with Gasteiger partial charge < -0.3 is 10.2 Å². The van der Waals surface area contributed by atoms with Crippen molar-refractivity contribution in [3.05, 3.63) is 33.8 Å². The van der Waals surface area contributed by atoms with E-state index >= 15 is 0 Å². The molecule has 1 aliphatic rings. The maximum Gasteiger partial charge on any atom is 0.222 e. The van der Waals surface area contributed by atoms with Crippen LogP contribution in [0.15, 0.2) is 18.2 Å². The molecule has 1 aliphatic heterocycles. The molecule has 0 aliphatic carbocycles. The van der Waals surface area contributed by atoms with Gasteiger partial charge in [-0.1, -0.05) is 23.2 Å². The van der Waals surface area contributed by atoms with Gasteiger partial charge in [-0.15, -0.1) is 0 Å². The molecule has 110 valence electrons. The first-order valence-electron chi connectivity index (χ1n) is 6.97. The summed E-state index contributed by atoms with van der Waals surface area (Å²) in [5, 5.41) is 4.61. The van der Waals surface area contributed by atoms with Crippen molar-refractivity contribution in [2.24, 2.45) is 0 Å². The molecular weight excluding hydrogens is 295 g/mol. The first kappa shape index (κ1) is 15.6. The zero-order chi connectivity index (χ0) is 14.5. The molecule has 1 aromatic carbocycles. The van der Waals surface area contributed by atoms with Gasteiger partial charge in [0.15, 0.2) is 0 Å². The third-order valence-corrected chi connectivity index (χ3v) is 4.07. The van der Waals surface area contributed by atoms with Gasteiger partial charge in [-0.25, -0.2) is 0 Å². The van der Waals surface area contributed by atoms with E-state index in [1.54, 1.807) is 11.0 Å². The Morgan fingerprint density at radius 1 is 1.35 bits per heavy atom. The number of hydrogen-bond acceptors (Lipinski definition) is 2. The fraction of sp³-hybridized carbons (Fsp3) is 0.533. The summed E-state index contributed by atoms with van der Waals surface area (Å²) in [7, 11) is 1.82. The molecule has 1 fully saturated rings. The summed E-state index contributed by atoms with van der Waals surface area (Å²) in [6.07, 6.45) is 3.90. The second-order valence-corrected chi connectivity index (χ2v) is 6.23. The van der Waals surface area contributed by atoms with Crippen LogP contribution in [0.4, 0.5) is 0 Å². The van der Waals surface area contributed by atoms with Crippen molar-refractivity contribution in [2.75, 3.05) is 13.6 Å². The minimum atomic E-state index is 0.162. The molecule has 0 spiro atoms. The normalized spacial score (nSPS) is 18.2. The van der Waals surface area contributed by atoms with E-state index in [4.69, 9.17) is 23.2 Å². The number of nitrogens with one attached hydrogen (secondary N) is 1. The van der Waals surface area contributed by atoms with Crippen LogP contribution in [0.25, 0.3) is 0 Å². The zero-order valence-electron chi connectivity index (χ0n) is 11.7. The summed E-state index contributed by atoms with van der Waals surface area (Å²) in [6.45, 7) is 1.62.